The first-order chi connectivity index (χ1) is 13.3. The number of anilines is 1. The van der Waals surface area contributed by atoms with Gasteiger partial charge in [0.1, 0.15) is 6.04 Å². The summed E-state index contributed by atoms with van der Waals surface area (Å²) in [5, 5.41) is 0. The number of carbonyl (C=O) groups is 3. The summed E-state index contributed by atoms with van der Waals surface area (Å²) in [7, 11) is 0. The van der Waals surface area contributed by atoms with Crippen LogP contribution in [0.25, 0.3) is 0 Å². The van der Waals surface area contributed by atoms with E-state index in [2.05, 4.69) is 13.8 Å². The molecule has 0 aliphatic carbocycles. The lowest BCUT2D eigenvalue weighted by atomic mass is 10.0. The lowest BCUT2D eigenvalue weighted by Crippen LogP contribution is -2.44. The van der Waals surface area contributed by atoms with Crippen LogP contribution in [-0.4, -0.2) is 28.7 Å². The van der Waals surface area contributed by atoms with Crippen molar-refractivity contribution in [2.45, 2.75) is 52.6 Å². The van der Waals surface area contributed by atoms with Crippen molar-refractivity contribution in [2.24, 2.45) is 0 Å². The van der Waals surface area contributed by atoms with E-state index >= 15 is 0 Å². The molecule has 0 spiro atoms. The zero-order valence-electron chi connectivity index (χ0n) is 16.8. The fourth-order valence-electron chi connectivity index (χ4n) is 3.47. The number of benzene rings is 2. The van der Waals surface area contributed by atoms with Crippen LogP contribution in [0, 0.1) is 6.92 Å². The first-order valence-electron chi connectivity index (χ1n) is 9.57. The Labute approximate surface area is 166 Å². The van der Waals surface area contributed by atoms with Gasteiger partial charge in [0.15, 0.2) is 0 Å². The molecule has 0 aromatic heterocycles. The van der Waals surface area contributed by atoms with Gasteiger partial charge in [-0.25, -0.2) is 4.90 Å². The molecule has 1 unspecified atom stereocenters. The van der Waals surface area contributed by atoms with Gasteiger partial charge in [-0.1, -0.05) is 55.8 Å². The molecule has 5 nitrogen and oxygen atoms in total. The van der Waals surface area contributed by atoms with E-state index in [0.717, 1.165) is 16.7 Å². The molecule has 28 heavy (non-hydrogen) atoms. The number of hydrogen-bond acceptors (Lipinski definition) is 3. The molecule has 3 amide bonds. The molecular weight excluding hydrogens is 352 g/mol. The number of nitrogens with zero attached hydrogens (tertiary/aromatic N) is 2. The number of amides is 3. The van der Waals surface area contributed by atoms with Crippen molar-refractivity contribution in [1.82, 2.24) is 4.90 Å². The van der Waals surface area contributed by atoms with Crippen LogP contribution >= 0.6 is 0 Å². The average Bonchev–Trinajstić information content (AvgIpc) is 2.95. The van der Waals surface area contributed by atoms with Crippen LogP contribution in [0.3, 0.4) is 0 Å². The van der Waals surface area contributed by atoms with E-state index in [9.17, 15) is 14.4 Å². The Bertz CT molecular complexity index is 885. The van der Waals surface area contributed by atoms with Crippen LogP contribution in [-0.2, 0) is 20.9 Å². The largest absolute Gasteiger partial charge is 0.326 e. The van der Waals surface area contributed by atoms with Gasteiger partial charge in [0, 0.05) is 13.5 Å². The number of hydrogen-bond donors (Lipinski definition) is 0. The second-order valence-electron chi connectivity index (χ2n) is 7.67. The first kappa shape index (κ1) is 19.8. The monoisotopic (exact) mass is 378 g/mol. The molecule has 0 saturated carbocycles. The van der Waals surface area contributed by atoms with Gasteiger partial charge >= 0.3 is 0 Å². The SMILES string of the molecule is CC(=O)N(Cc1ccc(C)cc1)C1CC(=O)N(c2ccc(C(C)C)cc2)C1=O. The van der Waals surface area contributed by atoms with Gasteiger partial charge in [0.2, 0.25) is 11.8 Å². The quantitative estimate of drug-likeness (QED) is 0.744. The summed E-state index contributed by atoms with van der Waals surface area (Å²) in [6.07, 6.45) is 0.0101. The Hall–Kier alpha value is -2.95. The minimum Gasteiger partial charge on any atom is -0.326 e. The van der Waals surface area contributed by atoms with E-state index < -0.39 is 6.04 Å². The summed E-state index contributed by atoms with van der Waals surface area (Å²) in [5.41, 5.74) is 3.76. The number of carbonyl (C=O) groups excluding carboxylic acids is 3. The Morgan fingerprint density at radius 2 is 1.68 bits per heavy atom. The van der Waals surface area contributed by atoms with Crippen molar-refractivity contribution >= 4 is 23.4 Å². The molecule has 1 aliphatic heterocycles. The fourth-order valence-corrected chi connectivity index (χ4v) is 3.47. The minimum atomic E-state index is -0.768. The first-order valence-corrected chi connectivity index (χ1v) is 9.57. The van der Waals surface area contributed by atoms with Gasteiger partial charge in [0.05, 0.1) is 12.1 Å². The molecule has 0 radical (unpaired) electrons. The summed E-state index contributed by atoms with van der Waals surface area (Å²) >= 11 is 0. The van der Waals surface area contributed by atoms with Crippen molar-refractivity contribution in [2.75, 3.05) is 4.90 Å². The van der Waals surface area contributed by atoms with Crippen LogP contribution in [0.4, 0.5) is 5.69 Å². The van der Waals surface area contributed by atoms with E-state index in [1.807, 2.05) is 43.3 Å². The van der Waals surface area contributed by atoms with Crippen LogP contribution in [0.15, 0.2) is 48.5 Å². The Morgan fingerprint density at radius 1 is 1.07 bits per heavy atom. The van der Waals surface area contributed by atoms with Gasteiger partial charge in [-0.3, -0.25) is 14.4 Å². The topological polar surface area (TPSA) is 57.7 Å². The maximum Gasteiger partial charge on any atom is 0.257 e. The summed E-state index contributed by atoms with van der Waals surface area (Å²) in [5.74, 6) is -0.467. The average molecular weight is 378 g/mol. The summed E-state index contributed by atoms with van der Waals surface area (Å²) in [6, 6.07) is 14.5. The Balaban J connectivity index is 1.83. The molecule has 1 saturated heterocycles. The van der Waals surface area contributed by atoms with Gasteiger partial charge in [0.25, 0.3) is 5.91 Å². The molecule has 0 bridgehead atoms. The third-order valence-electron chi connectivity index (χ3n) is 5.19. The molecule has 2 aromatic rings. The van der Waals surface area contributed by atoms with Crippen molar-refractivity contribution in [1.29, 1.82) is 0 Å². The molecule has 146 valence electrons. The van der Waals surface area contributed by atoms with Crippen LogP contribution in [0.1, 0.15) is 49.8 Å². The Morgan fingerprint density at radius 3 is 2.21 bits per heavy atom. The van der Waals surface area contributed by atoms with E-state index in [1.165, 1.54) is 16.7 Å². The molecular formula is C23H26N2O3. The number of aryl methyl sites for hydroxylation is 1. The lowest BCUT2D eigenvalue weighted by Gasteiger charge is -2.26. The van der Waals surface area contributed by atoms with Gasteiger partial charge < -0.3 is 4.90 Å². The van der Waals surface area contributed by atoms with Gasteiger partial charge in [-0.05, 0) is 36.1 Å². The molecule has 0 N–H and O–H groups in total. The van der Waals surface area contributed by atoms with Crippen molar-refractivity contribution < 1.29 is 14.4 Å². The highest BCUT2D eigenvalue weighted by molar-refractivity contribution is 6.22. The van der Waals surface area contributed by atoms with Crippen molar-refractivity contribution in [3.63, 3.8) is 0 Å². The van der Waals surface area contributed by atoms with E-state index in [0.29, 0.717) is 18.2 Å². The van der Waals surface area contributed by atoms with E-state index in [1.54, 1.807) is 12.1 Å². The maximum absolute atomic E-state index is 13.0. The molecule has 1 aliphatic rings. The highest BCUT2D eigenvalue weighted by Gasteiger charge is 2.43. The zero-order chi connectivity index (χ0) is 20.4. The second-order valence-corrected chi connectivity index (χ2v) is 7.67. The smallest absolute Gasteiger partial charge is 0.257 e. The predicted molar refractivity (Wildman–Crippen MR) is 109 cm³/mol. The molecule has 3 rings (SSSR count). The molecule has 1 fully saturated rings. The van der Waals surface area contributed by atoms with E-state index in [-0.39, 0.29) is 24.1 Å². The molecule has 2 aromatic carbocycles. The summed E-state index contributed by atoms with van der Waals surface area (Å²) in [6.45, 7) is 7.92. The van der Waals surface area contributed by atoms with Gasteiger partial charge in [-0.2, -0.15) is 0 Å². The zero-order valence-corrected chi connectivity index (χ0v) is 16.8. The van der Waals surface area contributed by atoms with Gasteiger partial charge in [-0.15, -0.1) is 0 Å². The third kappa shape index (κ3) is 3.98. The van der Waals surface area contributed by atoms with Crippen LogP contribution in [0.5, 0.6) is 0 Å². The van der Waals surface area contributed by atoms with Crippen molar-refractivity contribution in [3.8, 4) is 0 Å². The highest BCUT2D eigenvalue weighted by Crippen LogP contribution is 2.28. The number of rotatable bonds is 5. The standard InChI is InChI=1S/C23H26N2O3/c1-15(2)19-9-11-20(12-10-19)25-22(27)13-21(23(25)28)24(17(4)26)14-18-7-5-16(3)6-8-18/h5-12,15,21H,13-14H2,1-4H3. The second kappa shape index (κ2) is 7.97. The van der Waals surface area contributed by atoms with Crippen LogP contribution in [0.2, 0.25) is 0 Å². The predicted octanol–water partition coefficient (Wildman–Crippen LogP) is 3.80. The van der Waals surface area contributed by atoms with E-state index in [4.69, 9.17) is 0 Å². The number of imide groups is 1. The molecule has 1 heterocycles. The summed E-state index contributed by atoms with van der Waals surface area (Å²) < 4.78 is 0. The van der Waals surface area contributed by atoms with Crippen molar-refractivity contribution in [3.05, 3.63) is 65.2 Å². The van der Waals surface area contributed by atoms with Crippen LogP contribution < -0.4 is 4.90 Å². The lowest BCUT2D eigenvalue weighted by molar-refractivity contribution is -0.137. The Kier molecular flexibility index (Phi) is 5.63. The molecule has 5 heteroatoms. The minimum absolute atomic E-state index is 0.0101. The highest BCUT2D eigenvalue weighted by atomic mass is 16.2. The summed E-state index contributed by atoms with van der Waals surface area (Å²) in [4.78, 5) is 40.6. The molecule has 1 atom stereocenters. The third-order valence-corrected chi connectivity index (χ3v) is 5.19. The normalized spacial score (nSPS) is 16.8. The maximum atomic E-state index is 13.0. The fraction of sp³-hybridized carbons (Fsp3) is 0.348.